The van der Waals surface area contributed by atoms with Gasteiger partial charge in [-0.1, -0.05) is 12.1 Å². The molecular formula is C10H6INO2S. The fourth-order valence-electron chi connectivity index (χ4n) is 1.13. The summed E-state index contributed by atoms with van der Waals surface area (Å²) in [6.07, 6.45) is 1.71. The Morgan fingerprint density at radius 1 is 1.20 bits per heavy atom. The Hall–Kier alpha value is -0.820. The molecule has 1 aliphatic heterocycles. The second-order valence-corrected chi connectivity index (χ2v) is 5.16. The first-order valence-corrected chi connectivity index (χ1v) is 6.05. The molecule has 1 fully saturated rings. The highest BCUT2D eigenvalue weighted by Gasteiger charge is 2.24. The van der Waals surface area contributed by atoms with Gasteiger partial charge in [0.15, 0.2) is 0 Å². The van der Waals surface area contributed by atoms with Crippen LogP contribution in [0.4, 0.5) is 4.79 Å². The number of rotatable bonds is 1. The number of nitrogens with one attached hydrogen (secondary N) is 1. The number of carbonyl (C=O) groups excluding carboxylic acids is 2. The minimum Gasteiger partial charge on any atom is -0.282 e. The van der Waals surface area contributed by atoms with Gasteiger partial charge in [0.2, 0.25) is 0 Å². The second-order valence-electron chi connectivity index (χ2n) is 2.90. The SMILES string of the molecule is O=C1NC(=O)C(=Cc2ccc(I)cc2)S1. The van der Waals surface area contributed by atoms with E-state index in [0.717, 1.165) is 20.9 Å². The Kier molecular flexibility index (Phi) is 3.11. The third-order valence-electron chi connectivity index (χ3n) is 1.81. The molecule has 1 N–H and O–H groups in total. The summed E-state index contributed by atoms with van der Waals surface area (Å²) < 4.78 is 1.13. The summed E-state index contributed by atoms with van der Waals surface area (Å²) in [6, 6.07) is 7.72. The van der Waals surface area contributed by atoms with Crippen molar-refractivity contribution in [2.45, 2.75) is 0 Å². The van der Waals surface area contributed by atoms with Crippen molar-refractivity contribution in [2.75, 3.05) is 0 Å². The van der Waals surface area contributed by atoms with Crippen LogP contribution < -0.4 is 5.32 Å². The summed E-state index contributed by atoms with van der Waals surface area (Å²) in [7, 11) is 0. The van der Waals surface area contributed by atoms with Gasteiger partial charge in [-0.15, -0.1) is 0 Å². The fraction of sp³-hybridized carbons (Fsp3) is 0. The predicted octanol–water partition coefficient (Wildman–Crippen LogP) is 2.62. The number of halogens is 1. The zero-order chi connectivity index (χ0) is 10.8. The molecule has 0 spiro atoms. The lowest BCUT2D eigenvalue weighted by Gasteiger charge is -1.94. The predicted molar refractivity (Wildman–Crippen MR) is 68.3 cm³/mol. The van der Waals surface area contributed by atoms with Crippen molar-refractivity contribution in [3.05, 3.63) is 38.3 Å². The maximum absolute atomic E-state index is 11.2. The molecule has 0 unspecified atom stereocenters. The topological polar surface area (TPSA) is 46.2 Å². The highest BCUT2D eigenvalue weighted by atomic mass is 127. The van der Waals surface area contributed by atoms with Gasteiger partial charge >= 0.3 is 0 Å². The van der Waals surface area contributed by atoms with Crippen LogP contribution in [0.5, 0.6) is 0 Å². The van der Waals surface area contributed by atoms with Gasteiger partial charge in [-0.2, -0.15) is 0 Å². The van der Waals surface area contributed by atoms with E-state index in [0.29, 0.717) is 4.91 Å². The zero-order valence-electron chi connectivity index (χ0n) is 7.49. The monoisotopic (exact) mass is 331 g/mol. The summed E-state index contributed by atoms with van der Waals surface area (Å²) in [5.74, 6) is -0.316. The fourth-order valence-corrected chi connectivity index (χ4v) is 2.17. The first-order valence-electron chi connectivity index (χ1n) is 4.15. The first-order chi connectivity index (χ1) is 7.15. The van der Waals surface area contributed by atoms with E-state index in [4.69, 9.17) is 0 Å². The molecule has 0 aromatic heterocycles. The van der Waals surface area contributed by atoms with E-state index in [9.17, 15) is 9.59 Å². The van der Waals surface area contributed by atoms with Crippen LogP contribution in [0.3, 0.4) is 0 Å². The molecule has 2 amide bonds. The summed E-state index contributed by atoms with van der Waals surface area (Å²) in [5, 5.41) is 1.91. The quantitative estimate of drug-likeness (QED) is 0.636. The van der Waals surface area contributed by atoms with Crippen LogP contribution in [0, 0.1) is 3.57 Å². The molecule has 5 heteroatoms. The molecule has 1 saturated heterocycles. The first kappa shape index (κ1) is 10.7. The maximum atomic E-state index is 11.2. The molecule has 2 rings (SSSR count). The number of carbonyl (C=O) groups is 2. The van der Waals surface area contributed by atoms with Crippen LogP contribution in [0.1, 0.15) is 5.56 Å². The van der Waals surface area contributed by atoms with Gasteiger partial charge in [0.1, 0.15) is 0 Å². The molecular weight excluding hydrogens is 325 g/mol. The van der Waals surface area contributed by atoms with Crippen LogP contribution in [-0.4, -0.2) is 11.1 Å². The Balaban J connectivity index is 2.27. The highest BCUT2D eigenvalue weighted by molar-refractivity contribution is 14.1. The van der Waals surface area contributed by atoms with Crippen LogP contribution in [0.2, 0.25) is 0 Å². The molecule has 0 atom stereocenters. The van der Waals surface area contributed by atoms with Gasteiger partial charge in [0.05, 0.1) is 4.91 Å². The van der Waals surface area contributed by atoms with E-state index >= 15 is 0 Å². The number of benzene rings is 1. The Labute approximate surface area is 104 Å². The molecule has 1 heterocycles. The van der Waals surface area contributed by atoms with Gasteiger partial charge in [-0.3, -0.25) is 14.9 Å². The van der Waals surface area contributed by atoms with Crippen molar-refractivity contribution in [3.63, 3.8) is 0 Å². The van der Waals surface area contributed by atoms with E-state index in [2.05, 4.69) is 27.9 Å². The molecule has 1 aromatic rings. The normalized spacial score (nSPS) is 18.3. The van der Waals surface area contributed by atoms with Crippen molar-refractivity contribution in [1.82, 2.24) is 5.32 Å². The molecule has 3 nitrogen and oxygen atoms in total. The van der Waals surface area contributed by atoms with E-state index in [-0.39, 0.29) is 11.1 Å². The van der Waals surface area contributed by atoms with Crippen LogP contribution in [0.25, 0.3) is 6.08 Å². The van der Waals surface area contributed by atoms with Gasteiger partial charge in [-0.05, 0) is 58.1 Å². The third-order valence-corrected chi connectivity index (χ3v) is 3.34. The molecule has 0 bridgehead atoms. The number of thioether (sulfide) groups is 1. The van der Waals surface area contributed by atoms with E-state index < -0.39 is 0 Å². The number of amides is 2. The Bertz CT molecular complexity index is 453. The van der Waals surface area contributed by atoms with Crippen molar-refractivity contribution >= 4 is 51.6 Å². The van der Waals surface area contributed by atoms with Crippen LogP contribution >= 0.6 is 34.4 Å². The number of hydrogen-bond donors (Lipinski definition) is 1. The average Bonchev–Trinajstić information content (AvgIpc) is 2.49. The lowest BCUT2D eigenvalue weighted by molar-refractivity contribution is -0.115. The maximum Gasteiger partial charge on any atom is 0.290 e. The lowest BCUT2D eigenvalue weighted by Crippen LogP contribution is -2.17. The second kappa shape index (κ2) is 4.36. The summed E-state index contributed by atoms with van der Waals surface area (Å²) >= 11 is 3.14. The van der Waals surface area contributed by atoms with Crippen molar-refractivity contribution in [3.8, 4) is 0 Å². The van der Waals surface area contributed by atoms with Gasteiger partial charge < -0.3 is 0 Å². The van der Waals surface area contributed by atoms with Crippen molar-refractivity contribution in [2.24, 2.45) is 0 Å². The summed E-state index contributed by atoms with van der Waals surface area (Å²) in [4.78, 5) is 22.6. The number of hydrogen-bond acceptors (Lipinski definition) is 3. The Morgan fingerprint density at radius 3 is 2.40 bits per heavy atom. The van der Waals surface area contributed by atoms with Crippen molar-refractivity contribution in [1.29, 1.82) is 0 Å². The summed E-state index contributed by atoms with van der Waals surface area (Å²) in [5.41, 5.74) is 0.919. The van der Waals surface area contributed by atoms with Gasteiger partial charge in [0.25, 0.3) is 11.1 Å². The molecule has 1 aromatic carbocycles. The minimum absolute atomic E-state index is 0.309. The van der Waals surface area contributed by atoms with Gasteiger partial charge in [0, 0.05) is 3.57 Å². The van der Waals surface area contributed by atoms with E-state index in [1.165, 1.54) is 0 Å². The summed E-state index contributed by atoms with van der Waals surface area (Å²) in [6.45, 7) is 0. The number of imide groups is 1. The molecule has 0 saturated carbocycles. The largest absolute Gasteiger partial charge is 0.290 e. The molecule has 15 heavy (non-hydrogen) atoms. The molecule has 76 valence electrons. The molecule has 0 radical (unpaired) electrons. The molecule has 0 aliphatic carbocycles. The smallest absolute Gasteiger partial charge is 0.282 e. The lowest BCUT2D eigenvalue weighted by atomic mass is 10.2. The van der Waals surface area contributed by atoms with Crippen molar-refractivity contribution < 1.29 is 9.59 Å². The van der Waals surface area contributed by atoms with E-state index in [1.54, 1.807) is 6.08 Å². The van der Waals surface area contributed by atoms with Gasteiger partial charge in [-0.25, -0.2) is 0 Å². The average molecular weight is 331 g/mol. The minimum atomic E-state index is -0.316. The van der Waals surface area contributed by atoms with E-state index in [1.807, 2.05) is 24.3 Å². The highest BCUT2D eigenvalue weighted by Crippen LogP contribution is 2.25. The standard InChI is InChI=1S/C10H6INO2S/c11-7-3-1-6(2-4-7)5-8-9(13)12-10(14)15-8/h1-5H,(H,12,13,14). The zero-order valence-corrected chi connectivity index (χ0v) is 10.5. The third kappa shape index (κ3) is 2.60. The van der Waals surface area contributed by atoms with Crippen LogP contribution in [0.15, 0.2) is 29.2 Å². The van der Waals surface area contributed by atoms with Crippen LogP contribution in [-0.2, 0) is 4.79 Å². The Morgan fingerprint density at radius 2 is 1.87 bits per heavy atom. The molecule has 1 aliphatic rings.